The van der Waals surface area contributed by atoms with Crippen LogP contribution in [0.1, 0.15) is 34.1 Å². The molecular formula is C22H19N5O. The van der Waals surface area contributed by atoms with Crippen LogP contribution in [0.15, 0.2) is 55.0 Å². The number of carbonyl (C=O) groups is 1. The Morgan fingerprint density at radius 3 is 2.64 bits per heavy atom. The van der Waals surface area contributed by atoms with Gasteiger partial charge in [0.05, 0.1) is 23.5 Å². The highest BCUT2D eigenvalue weighted by Gasteiger charge is 2.41. The molecule has 6 nitrogen and oxygen atoms in total. The number of fused-ring (bicyclic) bond motifs is 3. The summed E-state index contributed by atoms with van der Waals surface area (Å²) in [5.74, 6) is 1.83. The first kappa shape index (κ1) is 16.7. The van der Waals surface area contributed by atoms with E-state index in [-0.39, 0.29) is 11.8 Å². The number of amides is 1. The van der Waals surface area contributed by atoms with E-state index in [1.165, 1.54) is 0 Å². The smallest absolute Gasteiger partial charge is 0.253 e. The Kier molecular flexibility index (Phi) is 3.94. The van der Waals surface area contributed by atoms with Crippen LogP contribution in [0, 0.1) is 17.2 Å². The maximum atomic E-state index is 12.9. The van der Waals surface area contributed by atoms with Crippen molar-refractivity contribution in [2.45, 2.75) is 18.9 Å². The summed E-state index contributed by atoms with van der Waals surface area (Å²) >= 11 is 0. The number of pyridine rings is 1. The third-order valence-corrected chi connectivity index (χ3v) is 5.91. The van der Waals surface area contributed by atoms with Gasteiger partial charge in [0.25, 0.3) is 5.91 Å². The maximum Gasteiger partial charge on any atom is 0.253 e. The summed E-state index contributed by atoms with van der Waals surface area (Å²) in [6.07, 6.45) is 6.59. The molecule has 2 aliphatic heterocycles. The number of nitriles is 1. The quantitative estimate of drug-likeness (QED) is 0.696. The van der Waals surface area contributed by atoms with E-state index >= 15 is 0 Å². The second kappa shape index (κ2) is 6.61. The zero-order valence-electron chi connectivity index (χ0n) is 15.3. The summed E-state index contributed by atoms with van der Waals surface area (Å²) in [5.41, 5.74) is 3.44. The molecule has 0 bridgehead atoms. The van der Waals surface area contributed by atoms with Gasteiger partial charge in [-0.25, -0.2) is 4.98 Å². The SMILES string of the molecule is N#Cc1ccc(C(=O)N2C[C@@H]3CCn4c(-c5ccncc5)cnc4[C@H]3C2)cc1. The van der Waals surface area contributed by atoms with Crippen molar-refractivity contribution in [2.75, 3.05) is 13.1 Å². The van der Waals surface area contributed by atoms with E-state index in [2.05, 4.69) is 15.6 Å². The van der Waals surface area contributed by atoms with Gasteiger partial charge >= 0.3 is 0 Å². The normalized spacial score (nSPS) is 20.3. The van der Waals surface area contributed by atoms with E-state index in [4.69, 9.17) is 10.2 Å². The van der Waals surface area contributed by atoms with Gasteiger partial charge in [-0.15, -0.1) is 0 Å². The van der Waals surface area contributed by atoms with Crippen LogP contribution in [0.4, 0.5) is 0 Å². The lowest BCUT2D eigenvalue weighted by molar-refractivity contribution is 0.0786. The molecule has 1 saturated heterocycles. The summed E-state index contributed by atoms with van der Waals surface area (Å²) in [4.78, 5) is 23.7. The number of carbonyl (C=O) groups excluding carboxylic acids is 1. The average Bonchev–Trinajstić information content (AvgIpc) is 3.38. The van der Waals surface area contributed by atoms with Gasteiger partial charge in [-0.05, 0) is 48.7 Å². The van der Waals surface area contributed by atoms with Gasteiger partial charge in [-0.1, -0.05) is 0 Å². The van der Waals surface area contributed by atoms with Crippen LogP contribution < -0.4 is 0 Å². The van der Waals surface area contributed by atoms with Crippen LogP contribution in [0.3, 0.4) is 0 Å². The second-order valence-corrected chi connectivity index (χ2v) is 7.44. The van der Waals surface area contributed by atoms with Crippen molar-refractivity contribution in [1.82, 2.24) is 19.4 Å². The minimum Gasteiger partial charge on any atom is -0.338 e. The highest BCUT2D eigenvalue weighted by Crippen LogP contribution is 2.40. The Labute approximate surface area is 163 Å². The molecule has 1 amide bonds. The molecule has 0 unspecified atom stereocenters. The molecule has 6 heteroatoms. The standard InChI is InChI=1S/C22H19N5O/c23-11-15-1-3-17(4-2-15)22(28)26-13-18-7-10-27-20(16-5-8-24-9-6-16)12-25-21(27)19(18)14-26/h1-6,8-9,12,18-19H,7,10,13-14H2/t18-,19-/m0/s1. The number of aromatic nitrogens is 3. The monoisotopic (exact) mass is 369 g/mol. The summed E-state index contributed by atoms with van der Waals surface area (Å²) in [7, 11) is 0. The first-order chi connectivity index (χ1) is 13.7. The van der Waals surface area contributed by atoms with Gasteiger partial charge in [0, 0.05) is 49.1 Å². The minimum atomic E-state index is 0.0337. The van der Waals surface area contributed by atoms with Crippen molar-refractivity contribution < 1.29 is 4.79 Å². The van der Waals surface area contributed by atoms with Crippen LogP contribution in [0.5, 0.6) is 0 Å². The molecule has 0 aliphatic carbocycles. The van der Waals surface area contributed by atoms with E-state index < -0.39 is 0 Å². The van der Waals surface area contributed by atoms with Crippen LogP contribution in [-0.2, 0) is 6.54 Å². The summed E-state index contributed by atoms with van der Waals surface area (Å²) < 4.78 is 2.30. The Hall–Kier alpha value is -3.46. The topological polar surface area (TPSA) is 74.8 Å². The Bertz CT molecular complexity index is 1060. The highest BCUT2D eigenvalue weighted by molar-refractivity contribution is 5.94. The zero-order chi connectivity index (χ0) is 19.1. The average molecular weight is 369 g/mol. The number of benzene rings is 1. The molecule has 2 aromatic heterocycles. The van der Waals surface area contributed by atoms with Crippen LogP contribution in [-0.4, -0.2) is 38.4 Å². The Balaban J connectivity index is 1.40. The van der Waals surface area contributed by atoms with E-state index in [1.54, 1.807) is 36.7 Å². The summed E-state index contributed by atoms with van der Waals surface area (Å²) in [6, 6.07) is 13.0. The van der Waals surface area contributed by atoms with Gasteiger partial charge in [0.15, 0.2) is 0 Å². The molecule has 4 heterocycles. The predicted octanol–water partition coefficient (Wildman–Crippen LogP) is 3.08. The fraction of sp³-hybridized carbons (Fsp3) is 0.273. The summed E-state index contributed by atoms with van der Waals surface area (Å²) in [5, 5.41) is 8.94. The minimum absolute atomic E-state index is 0.0337. The second-order valence-electron chi connectivity index (χ2n) is 7.44. The number of hydrogen-bond acceptors (Lipinski definition) is 4. The van der Waals surface area contributed by atoms with E-state index in [9.17, 15) is 4.79 Å². The number of hydrogen-bond donors (Lipinski definition) is 0. The Morgan fingerprint density at radius 2 is 1.89 bits per heavy atom. The first-order valence-electron chi connectivity index (χ1n) is 9.50. The van der Waals surface area contributed by atoms with E-state index in [0.717, 1.165) is 36.6 Å². The van der Waals surface area contributed by atoms with Crippen molar-refractivity contribution in [1.29, 1.82) is 5.26 Å². The molecule has 138 valence electrons. The van der Waals surface area contributed by atoms with Gasteiger partial charge in [0.1, 0.15) is 5.82 Å². The number of nitrogens with zero attached hydrogens (tertiary/aromatic N) is 5. The van der Waals surface area contributed by atoms with Crippen molar-refractivity contribution in [2.24, 2.45) is 5.92 Å². The van der Waals surface area contributed by atoms with Gasteiger partial charge in [-0.3, -0.25) is 9.78 Å². The maximum absolute atomic E-state index is 12.9. The number of rotatable bonds is 2. The highest BCUT2D eigenvalue weighted by atomic mass is 16.2. The molecule has 2 aliphatic rings. The van der Waals surface area contributed by atoms with Crippen LogP contribution in [0.25, 0.3) is 11.3 Å². The lowest BCUT2D eigenvalue weighted by Gasteiger charge is -2.26. The van der Waals surface area contributed by atoms with Gasteiger partial charge in [0.2, 0.25) is 0 Å². The lowest BCUT2D eigenvalue weighted by Crippen LogP contribution is -2.28. The molecule has 28 heavy (non-hydrogen) atoms. The molecule has 0 spiro atoms. The molecule has 3 aromatic rings. The molecular weight excluding hydrogens is 350 g/mol. The number of likely N-dealkylation sites (tertiary alicyclic amines) is 1. The predicted molar refractivity (Wildman–Crippen MR) is 103 cm³/mol. The van der Waals surface area contributed by atoms with Crippen molar-refractivity contribution in [3.05, 3.63) is 71.9 Å². The molecule has 5 rings (SSSR count). The van der Waals surface area contributed by atoms with E-state index in [1.807, 2.05) is 23.2 Å². The molecule has 0 N–H and O–H groups in total. The van der Waals surface area contributed by atoms with Crippen LogP contribution in [0.2, 0.25) is 0 Å². The fourth-order valence-electron chi connectivity index (χ4n) is 4.46. The third kappa shape index (κ3) is 2.67. The van der Waals surface area contributed by atoms with Crippen molar-refractivity contribution in [3.63, 3.8) is 0 Å². The zero-order valence-corrected chi connectivity index (χ0v) is 15.3. The van der Waals surface area contributed by atoms with Gasteiger partial charge < -0.3 is 9.47 Å². The first-order valence-corrected chi connectivity index (χ1v) is 9.50. The third-order valence-electron chi connectivity index (χ3n) is 5.91. The van der Waals surface area contributed by atoms with Crippen molar-refractivity contribution in [3.8, 4) is 17.3 Å². The largest absolute Gasteiger partial charge is 0.338 e. The molecule has 1 fully saturated rings. The lowest BCUT2D eigenvalue weighted by atomic mass is 9.89. The Morgan fingerprint density at radius 1 is 1.11 bits per heavy atom. The van der Waals surface area contributed by atoms with Crippen molar-refractivity contribution >= 4 is 5.91 Å². The molecule has 0 saturated carbocycles. The molecule has 0 radical (unpaired) electrons. The summed E-state index contributed by atoms with van der Waals surface area (Å²) in [6.45, 7) is 2.38. The molecule has 1 aromatic carbocycles. The van der Waals surface area contributed by atoms with Gasteiger partial charge in [-0.2, -0.15) is 5.26 Å². The molecule has 2 atom stereocenters. The number of imidazole rings is 1. The van der Waals surface area contributed by atoms with Crippen LogP contribution >= 0.6 is 0 Å². The van der Waals surface area contributed by atoms with E-state index in [0.29, 0.717) is 23.6 Å². The fourth-order valence-corrected chi connectivity index (χ4v) is 4.46.